The maximum absolute atomic E-state index is 12.9. The SMILES string of the molecule is CCN(CC(C)(C)COCC(C)(C)CNCC1CCN(C)CC1)C(=O)CCc1ccc(C)cc1. The Hall–Kier alpha value is -1.43. The van der Waals surface area contributed by atoms with E-state index in [1.165, 1.54) is 37.1 Å². The predicted molar refractivity (Wildman–Crippen MR) is 143 cm³/mol. The molecule has 0 atom stereocenters. The van der Waals surface area contributed by atoms with Crippen LogP contribution in [0.25, 0.3) is 0 Å². The van der Waals surface area contributed by atoms with Crippen LogP contribution in [0.15, 0.2) is 24.3 Å². The molecule has 0 saturated carbocycles. The van der Waals surface area contributed by atoms with Crippen LogP contribution in [0.5, 0.6) is 0 Å². The summed E-state index contributed by atoms with van der Waals surface area (Å²) in [7, 11) is 2.21. The highest BCUT2D eigenvalue weighted by Gasteiger charge is 2.26. The summed E-state index contributed by atoms with van der Waals surface area (Å²) in [6.07, 6.45) is 3.95. The lowest BCUT2D eigenvalue weighted by molar-refractivity contribution is -0.133. The minimum absolute atomic E-state index is 0.0762. The summed E-state index contributed by atoms with van der Waals surface area (Å²) in [4.78, 5) is 17.3. The summed E-state index contributed by atoms with van der Waals surface area (Å²) in [5, 5.41) is 3.69. The van der Waals surface area contributed by atoms with Gasteiger partial charge in [-0.15, -0.1) is 0 Å². The van der Waals surface area contributed by atoms with Crippen molar-refractivity contribution >= 4 is 5.91 Å². The Kier molecular flexibility index (Phi) is 11.5. The number of carbonyl (C=O) groups excluding carboxylic acids is 1. The van der Waals surface area contributed by atoms with Crippen molar-refractivity contribution in [3.8, 4) is 0 Å². The van der Waals surface area contributed by atoms with Gasteiger partial charge in [-0.3, -0.25) is 4.79 Å². The average molecular weight is 474 g/mol. The van der Waals surface area contributed by atoms with Crippen LogP contribution in [0.3, 0.4) is 0 Å². The molecule has 1 aromatic carbocycles. The van der Waals surface area contributed by atoms with Crippen molar-refractivity contribution in [2.24, 2.45) is 16.7 Å². The molecule has 0 radical (unpaired) electrons. The molecular weight excluding hydrogens is 422 g/mol. The van der Waals surface area contributed by atoms with Crippen molar-refractivity contribution in [2.75, 3.05) is 59.5 Å². The van der Waals surface area contributed by atoms with Crippen LogP contribution in [0.4, 0.5) is 0 Å². The van der Waals surface area contributed by atoms with Crippen LogP contribution in [-0.2, 0) is 16.0 Å². The van der Waals surface area contributed by atoms with Crippen molar-refractivity contribution in [3.63, 3.8) is 0 Å². The van der Waals surface area contributed by atoms with E-state index in [0.29, 0.717) is 13.0 Å². The molecule has 1 aliphatic rings. The maximum atomic E-state index is 12.9. The van der Waals surface area contributed by atoms with Gasteiger partial charge in [0.2, 0.25) is 5.91 Å². The van der Waals surface area contributed by atoms with Crippen LogP contribution in [0, 0.1) is 23.7 Å². The number of carbonyl (C=O) groups is 1. The molecule has 0 unspecified atom stereocenters. The lowest BCUT2D eigenvalue weighted by Gasteiger charge is -2.34. The molecule has 1 amide bonds. The lowest BCUT2D eigenvalue weighted by Crippen LogP contribution is -2.42. The first-order chi connectivity index (χ1) is 16.0. The number of ether oxygens (including phenoxy) is 1. The normalized spacial score (nSPS) is 16.1. The molecule has 1 aliphatic heterocycles. The third-order valence-corrected chi connectivity index (χ3v) is 6.96. The Morgan fingerprint density at radius 2 is 1.71 bits per heavy atom. The Labute approximate surface area is 209 Å². The molecule has 1 N–H and O–H groups in total. The van der Waals surface area contributed by atoms with E-state index in [9.17, 15) is 4.79 Å². The van der Waals surface area contributed by atoms with E-state index in [-0.39, 0.29) is 16.7 Å². The van der Waals surface area contributed by atoms with Gasteiger partial charge in [0.25, 0.3) is 0 Å². The molecule has 1 aromatic rings. The van der Waals surface area contributed by atoms with Crippen LogP contribution in [0.2, 0.25) is 0 Å². The van der Waals surface area contributed by atoms with Crippen molar-refractivity contribution in [2.45, 2.75) is 67.2 Å². The van der Waals surface area contributed by atoms with Crippen molar-refractivity contribution < 1.29 is 9.53 Å². The highest BCUT2D eigenvalue weighted by atomic mass is 16.5. The quantitative estimate of drug-likeness (QED) is 0.422. The number of benzene rings is 1. The summed E-state index contributed by atoms with van der Waals surface area (Å²) < 4.78 is 6.20. The number of rotatable bonds is 14. The number of amides is 1. The summed E-state index contributed by atoms with van der Waals surface area (Å²) in [5.74, 6) is 1.03. The maximum Gasteiger partial charge on any atom is 0.222 e. The van der Waals surface area contributed by atoms with E-state index in [1.54, 1.807) is 0 Å². The summed E-state index contributed by atoms with van der Waals surface area (Å²) in [6, 6.07) is 8.48. The van der Waals surface area contributed by atoms with Gasteiger partial charge in [0.1, 0.15) is 0 Å². The molecule has 1 saturated heterocycles. The molecular formula is C29H51N3O2. The minimum Gasteiger partial charge on any atom is -0.380 e. The van der Waals surface area contributed by atoms with Crippen LogP contribution < -0.4 is 5.32 Å². The van der Waals surface area contributed by atoms with Gasteiger partial charge in [0.15, 0.2) is 0 Å². The topological polar surface area (TPSA) is 44.8 Å². The second-order valence-electron chi connectivity index (χ2n) is 12.1. The highest BCUT2D eigenvalue weighted by Crippen LogP contribution is 2.22. The molecule has 1 fully saturated rings. The number of hydrogen-bond acceptors (Lipinski definition) is 4. The second-order valence-corrected chi connectivity index (χ2v) is 12.1. The van der Waals surface area contributed by atoms with Crippen molar-refractivity contribution in [1.82, 2.24) is 15.1 Å². The smallest absolute Gasteiger partial charge is 0.222 e. The Balaban J connectivity index is 1.69. The van der Waals surface area contributed by atoms with Gasteiger partial charge in [-0.2, -0.15) is 0 Å². The molecule has 194 valence electrons. The Morgan fingerprint density at radius 1 is 1.09 bits per heavy atom. The van der Waals surface area contributed by atoms with Gasteiger partial charge >= 0.3 is 0 Å². The predicted octanol–water partition coefficient (Wildman–Crippen LogP) is 4.78. The lowest BCUT2D eigenvalue weighted by atomic mass is 9.91. The van der Waals surface area contributed by atoms with Gasteiger partial charge in [-0.1, -0.05) is 57.5 Å². The molecule has 0 aromatic heterocycles. The number of likely N-dealkylation sites (tertiary alicyclic amines) is 1. The molecule has 1 heterocycles. The van der Waals surface area contributed by atoms with Gasteiger partial charge in [-0.25, -0.2) is 0 Å². The van der Waals surface area contributed by atoms with Gasteiger partial charge in [0, 0.05) is 36.9 Å². The molecule has 34 heavy (non-hydrogen) atoms. The fraction of sp³-hybridized carbons (Fsp3) is 0.759. The number of nitrogens with one attached hydrogen (secondary N) is 1. The number of piperidine rings is 1. The molecule has 0 aliphatic carbocycles. The Morgan fingerprint density at radius 3 is 2.32 bits per heavy atom. The third kappa shape index (κ3) is 10.9. The monoisotopic (exact) mass is 473 g/mol. The van der Waals surface area contributed by atoms with E-state index < -0.39 is 0 Å². The zero-order valence-corrected chi connectivity index (χ0v) is 23.1. The summed E-state index contributed by atoms with van der Waals surface area (Å²) in [6.45, 7) is 20.5. The third-order valence-electron chi connectivity index (χ3n) is 6.96. The molecule has 2 rings (SSSR count). The number of hydrogen-bond donors (Lipinski definition) is 1. The first kappa shape index (κ1) is 28.8. The molecule has 5 nitrogen and oxygen atoms in total. The number of aryl methyl sites for hydroxylation is 2. The van der Waals surface area contributed by atoms with Crippen LogP contribution >= 0.6 is 0 Å². The minimum atomic E-state index is -0.0762. The fourth-order valence-corrected chi connectivity index (χ4v) is 4.64. The molecule has 0 bridgehead atoms. The second kappa shape index (κ2) is 13.6. The molecule has 5 heteroatoms. The zero-order valence-electron chi connectivity index (χ0n) is 23.1. The first-order valence-electron chi connectivity index (χ1n) is 13.3. The summed E-state index contributed by atoms with van der Waals surface area (Å²) >= 11 is 0. The van der Waals surface area contributed by atoms with Crippen molar-refractivity contribution in [1.29, 1.82) is 0 Å². The first-order valence-corrected chi connectivity index (χ1v) is 13.3. The van der Waals surface area contributed by atoms with E-state index in [4.69, 9.17) is 4.74 Å². The summed E-state index contributed by atoms with van der Waals surface area (Å²) in [5.41, 5.74) is 2.50. The Bertz CT molecular complexity index is 721. The van der Waals surface area contributed by atoms with Crippen LogP contribution in [0.1, 0.15) is 65.0 Å². The number of nitrogens with zero attached hydrogens (tertiary/aromatic N) is 2. The van der Waals surface area contributed by atoms with Crippen LogP contribution in [-0.4, -0.2) is 75.2 Å². The van der Waals surface area contributed by atoms with Crippen molar-refractivity contribution in [3.05, 3.63) is 35.4 Å². The van der Waals surface area contributed by atoms with E-state index in [2.05, 4.69) is 83.1 Å². The highest BCUT2D eigenvalue weighted by molar-refractivity contribution is 5.76. The van der Waals surface area contributed by atoms with E-state index in [1.807, 2.05) is 4.90 Å². The average Bonchev–Trinajstić information content (AvgIpc) is 2.78. The fourth-order valence-electron chi connectivity index (χ4n) is 4.64. The zero-order chi connectivity index (χ0) is 25.2. The van der Waals surface area contributed by atoms with E-state index in [0.717, 1.165) is 45.1 Å². The van der Waals surface area contributed by atoms with Gasteiger partial charge in [0.05, 0.1) is 13.2 Å². The molecule has 0 spiro atoms. The van der Waals surface area contributed by atoms with Gasteiger partial charge in [-0.05, 0) is 71.3 Å². The largest absolute Gasteiger partial charge is 0.380 e. The standard InChI is InChI=1S/C29H51N3O2/c1-8-32(27(33)14-13-25-11-9-24(2)10-12-25)21-29(5,6)23-34-22-28(3,4)20-30-19-26-15-17-31(7)18-16-26/h9-12,26,30H,8,13-23H2,1-7H3. The van der Waals surface area contributed by atoms with Gasteiger partial charge < -0.3 is 19.9 Å². The van der Waals surface area contributed by atoms with E-state index >= 15 is 0 Å².